The molecule has 1 N–H and O–H groups in total. The zero-order valence-electron chi connectivity index (χ0n) is 20.2. The number of thioether (sulfide) groups is 1. The highest BCUT2D eigenvalue weighted by molar-refractivity contribution is 8.00. The number of benzene rings is 3. The van der Waals surface area contributed by atoms with Crippen molar-refractivity contribution in [1.82, 2.24) is 19.7 Å². The number of likely N-dealkylation sites (tertiary alicyclic amines) is 1. The summed E-state index contributed by atoms with van der Waals surface area (Å²) < 4.78 is 2.11. The van der Waals surface area contributed by atoms with Crippen LogP contribution in [0.5, 0.6) is 0 Å². The molecule has 180 valence electrons. The number of hydrogen-bond acceptors (Lipinski definition) is 5. The summed E-state index contributed by atoms with van der Waals surface area (Å²) in [6, 6.07) is 24.5. The minimum atomic E-state index is -0.341. The Morgan fingerprint density at radius 2 is 1.60 bits per heavy atom. The van der Waals surface area contributed by atoms with Crippen LogP contribution in [0.1, 0.15) is 45.0 Å². The van der Waals surface area contributed by atoms with E-state index in [9.17, 15) is 4.79 Å². The first kappa shape index (κ1) is 23.6. The van der Waals surface area contributed by atoms with Gasteiger partial charge in [-0.3, -0.25) is 14.3 Å². The first-order chi connectivity index (χ1) is 17.1. The van der Waals surface area contributed by atoms with Gasteiger partial charge in [0, 0.05) is 11.4 Å². The maximum absolute atomic E-state index is 13.1. The van der Waals surface area contributed by atoms with Crippen LogP contribution in [-0.2, 0) is 4.79 Å². The third-order valence-corrected chi connectivity index (χ3v) is 7.70. The van der Waals surface area contributed by atoms with Gasteiger partial charge in [-0.15, -0.1) is 10.2 Å². The molecule has 7 heteroatoms. The zero-order valence-corrected chi connectivity index (χ0v) is 21.0. The van der Waals surface area contributed by atoms with E-state index in [1.54, 1.807) is 0 Å². The molecule has 0 radical (unpaired) electrons. The van der Waals surface area contributed by atoms with Gasteiger partial charge >= 0.3 is 0 Å². The molecule has 1 fully saturated rings. The topological polar surface area (TPSA) is 63.1 Å². The molecule has 1 aromatic heterocycles. The van der Waals surface area contributed by atoms with Gasteiger partial charge in [-0.05, 0) is 74.8 Å². The summed E-state index contributed by atoms with van der Waals surface area (Å²) in [4.78, 5) is 15.6. The Kier molecular flexibility index (Phi) is 7.16. The van der Waals surface area contributed by atoms with Crippen molar-refractivity contribution in [2.24, 2.45) is 0 Å². The Labute approximate surface area is 210 Å². The van der Waals surface area contributed by atoms with Gasteiger partial charge in [-0.1, -0.05) is 66.7 Å². The number of rotatable bonds is 7. The predicted molar refractivity (Wildman–Crippen MR) is 143 cm³/mol. The van der Waals surface area contributed by atoms with Crippen LogP contribution in [0.3, 0.4) is 0 Å². The number of aromatic nitrogens is 3. The van der Waals surface area contributed by atoms with E-state index in [2.05, 4.69) is 56.2 Å². The van der Waals surface area contributed by atoms with E-state index in [4.69, 9.17) is 0 Å². The van der Waals surface area contributed by atoms with Gasteiger partial charge in [0.15, 0.2) is 11.0 Å². The summed E-state index contributed by atoms with van der Waals surface area (Å²) in [6.45, 7) is 6.28. The number of hydrogen-bond donors (Lipinski definition) is 1. The highest BCUT2D eigenvalue weighted by atomic mass is 32.2. The summed E-state index contributed by atoms with van der Waals surface area (Å²) in [5.41, 5.74) is 1.81. The smallest absolute Gasteiger partial charge is 0.237 e. The maximum atomic E-state index is 13.1. The lowest BCUT2D eigenvalue weighted by Crippen LogP contribution is -2.33. The molecule has 4 aromatic rings. The van der Waals surface area contributed by atoms with Gasteiger partial charge in [0.05, 0.1) is 11.3 Å². The van der Waals surface area contributed by atoms with Crippen LogP contribution >= 0.6 is 11.8 Å². The molecular formula is C28H31N5OS. The standard InChI is InChI=1S/C28H31N5OS/c1-20(32-17-9-4-10-18-32)26-30-31-28(33(26)25-13-5-3-6-14-25)35-21(2)27(34)29-24-16-15-22-11-7-8-12-23(22)19-24/h3,5-8,11-16,19-21H,4,9-10,17-18H2,1-2H3,(H,29,34)/t20-,21-/m0/s1. The molecule has 1 aliphatic rings. The van der Waals surface area contributed by atoms with Gasteiger partial charge in [0.1, 0.15) is 0 Å². The second kappa shape index (κ2) is 10.6. The van der Waals surface area contributed by atoms with Crippen molar-refractivity contribution in [3.05, 3.63) is 78.6 Å². The molecular weight excluding hydrogens is 454 g/mol. The van der Waals surface area contributed by atoms with E-state index in [-0.39, 0.29) is 17.2 Å². The first-order valence-corrected chi connectivity index (χ1v) is 13.2. The predicted octanol–water partition coefficient (Wildman–Crippen LogP) is 6.09. The molecule has 3 aromatic carbocycles. The van der Waals surface area contributed by atoms with Gasteiger partial charge in [-0.25, -0.2) is 0 Å². The van der Waals surface area contributed by atoms with E-state index in [0.717, 1.165) is 46.2 Å². The SMILES string of the molecule is C[C@H](Sc1nnc([C@H](C)N2CCCCC2)n1-c1ccccc1)C(=O)Nc1ccc2ccccc2c1. The van der Waals surface area contributed by atoms with Crippen molar-refractivity contribution in [2.75, 3.05) is 18.4 Å². The Morgan fingerprint density at radius 1 is 0.886 bits per heavy atom. The van der Waals surface area contributed by atoms with Crippen LogP contribution in [0, 0.1) is 0 Å². The number of nitrogens with one attached hydrogen (secondary N) is 1. The number of amides is 1. The number of piperidine rings is 1. The molecule has 1 saturated heterocycles. The van der Waals surface area contributed by atoms with E-state index in [0.29, 0.717) is 0 Å². The maximum Gasteiger partial charge on any atom is 0.237 e. The summed E-state index contributed by atoms with van der Waals surface area (Å²) in [7, 11) is 0. The third kappa shape index (κ3) is 5.26. The van der Waals surface area contributed by atoms with Crippen LogP contribution in [0.2, 0.25) is 0 Å². The fourth-order valence-electron chi connectivity index (χ4n) is 4.64. The largest absolute Gasteiger partial charge is 0.325 e. The summed E-state index contributed by atoms with van der Waals surface area (Å²) in [5, 5.41) is 14.9. The number of anilines is 1. The van der Waals surface area contributed by atoms with Gasteiger partial charge in [0.2, 0.25) is 5.91 Å². The van der Waals surface area contributed by atoms with Crippen LogP contribution in [0.4, 0.5) is 5.69 Å². The zero-order chi connectivity index (χ0) is 24.2. The second-order valence-electron chi connectivity index (χ2n) is 9.10. The Balaban J connectivity index is 1.37. The fraction of sp³-hybridized carbons (Fsp3) is 0.321. The Bertz CT molecular complexity index is 1300. The Hall–Kier alpha value is -3.16. The average Bonchev–Trinajstić information content (AvgIpc) is 3.32. The lowest BCUT2D eigenvalue weighted by atomic mass is 10.1. The molecule has 6 nitrogen and oxygen atoms in total. The summed E-state index contributed by atoms with van der Waals surface area (Å²) in [6.07, 6.45) is 3.73. The van der Waals surface area contributed by atoms with E-state index in [1.807, 2.05) is 55.5 Å². The molecule has 2 heterocycles. The van der Waals surface area contributed by atoms with E-state index in [1.165, 1.54) is 31.0 Å². The molecule has 0 spiro atoms. The number of carbonyl (C=O) groups is 1. The molecule has 35 heavy (non-hydrogen) atoms. The number of para-hydroxylation sites is 1. The number of fused-ring (bicyclic) bond motifs is 1. The van der Waals surface area contributed by atoms with Crippen molar-refractivity contribution >= 4 is 34.1 Å². The lowest BCUT2D eigenvalue weighted by Gasteiger charge is -2.32. The normalized spacial score (nSPS) is 16.2. The third-order valence-electron chi connectivity index (χ3n) is 6.65. The molecule has 0 bridgehead atoms. The van der Waals surface area contributed by atoms with Crippen LogP contribution < -0.4 is 5.32 Å². The summed E-state index contributed by atoms with van der Waals surface area (Å²) in [5.74, 6) is 0.862. The van der Waals surface area contributed by atoms with Gasteiger partial charge in [-0.2, -0.15) is 0 Å². The monoisotopic (exact) mass is 485 g/mol. The Morgan fingerprint density at radius 3 is 2.37 bits per heavy atom. The minimum Gasteiger partial charge on any atom is -0.325 e. The van der Waals surface area contributed by atoms with Crippen molar-refractivity contribution < 1.29 is 4.79 Å². The quantitative estimate of drug-likeness (QED) is 0.321. The number of carbonyl (C=O) groups excluding carboxylic acids is 1. The van der Waals surface area contributed by atoms with Gasteiger partial charge in [0.25, 0.3) is 0 Å². The van der Waals surface area contributed by atoms with E-state index >= 15 is 0 Å². The van der Waals surface area contributed by atoms with Crippen LogP contribution in [0.25, 0.3) is 16.5 Å². The molecule has 1 aliphatic heterocycles. The molecule has 1 amide bonds. The highest BCUT2D eigenvalue weighted by Crippen LogP contribution is 2.31. The second-order valence-corrected chi connectivity index (χ2v) is 10.4. The fourth-order valence-corrected chi connectivity index (χ4v) is 5.51. The minimum absolute atomic E-state index is 0.0569. The first-order valence-electron chi connectivity index (χ1n) is 12.3. The van der Waals surface area contributed by atoms with Crippen molar-refractivity contribution in [3.63, 3.8) is 0 Å². The molecule has 5 rings (SSSR count). The lowest BCUT2D eigenvalue weighted by molar-refractivity contribution is -0.115. The van der Waals surface area contributed by atoms with E-state index < -0.39 is 0 Å². The van der Waals surface area contributed by atoms with Crippen LogP contribution in [-0.4, -0.2) is 43.9 Å². The summed E-state index contributed by atoms with van der Waals surface area (Å²) >= 11 is 1.44. The molecule has 2 atom stereocenters. The average molecular weight is 486 g/mol. The van der Waals surface area contributed by atoms with Crippen molar-refractivity contribution in [3.8, 4) is 5.69 Å². The van der Waals surface area contributed by atoms with Crippen molar-refractivity contribution in [2.45, 2.75) is 49.6 Å². The number of nitrogens with zero attached hydrogens (tertiary/aromatic N) is 4. The highest BCUT2D eigenvalue weighted by Gasteiger charge is 2.27. The van der Waals surface area contributed by atoms with Crippen LogP contribution in [0.15, 0.2) is 78.0 Å². The van der Waals surface area contributed by atoms with Gasteiger partial charge < -0.3 is 5.32 Å². The van der Waals surface area contributed by atoms with Crippen molar-refractivity contribution in [1.29, 1.82) is 0 Å². The molecule has 0 unspecified atom stereocenters. The molecule has 0 aliphatic carbocycles. The molecule has 0 saturated carbocycles.